The first-order valence-corrected chi connectivity index (χ1v) is 6.54. The number of anilines is 1. The Morgan fingerprint density at radius 1 is 1.32 bits per heavy atom. The van der Waals surface area contributed by atoms with Crippen molar-refractivity contribution in [3.8, 4) is 6.07 Å². The Hall–Kier alpha value is -3.14. The molecule has 0 saturated carbocycles. The monoisotopic (exact) mass is 297 g/mol. The first-order valence-electron chi connectivity index (χ1n) is 6.54. The third-order valence-electron chi connectivity index (χ3n) is 3.13. The largest absolute Gasteiger partial charge is 0.332 e. The van der Waals surface area contributed by atoms with E-state index >= 15 is 0 Å². The van der Waals surface area contributed by atoms with E-state index in [0.29, 0.717) is 11.3 Å². The topological polar surface area (TPSA) is 91.0 Å². The standard InChI is InChI=1S/C15H15N5O2/c1-19(10-13-7-8-17-20(13)2)15(22)14(21)18-12-5-3-11(9-16)4-6-12/h3-8H,10H2,1-2H3,(H,18,21). The van der Waals surface area contributed by atoms with Gasteiger partial charge in [-0.15, -0.1) is 0 Å². The van der Waals surface area contributed by atoms with E-state index in [4.69, 9.17) is 5.26 Å². The van der Waals surface area contributed by atoms with E-state index < -0.39 is 11.8 Å². The lowest BCUT2D eigenvalue weighted by Crippen LogP contribution is -2.37. The van der Waals surface area contributed by atoms with Crippen molar-refractivity contribution >= 4 is 17.5 Å². The average Bonchev–Trinajstić information content (AvgIpc) is 2.92. The fraction of sp³-hybridized carbons (Fsp3) is 0.200. The number of hydrogen-bond donors (Lipinski definition) is 1. The second-order valence-corrected chi connectivity index (χ2v) is 4.75. The van der Waals surface area contributed by atoms with Crippen molar-refractivity contribution in [1.29, 1.82) is 5.26 Å². The van der Waals surface area contributed by atoms with Gasteiger partial charge in [0.25, 0.3) is 0 Å². The Labute approximate surface area is 127 Å². The van der Waals surface area contributed by atoms with Gasteiger partial charge < -0.3 is 10.2 Å². The summed E-state index contributed by atoms with van der Waals surface area (Å²) in [4.78, 5) is 25.3. The summed E-state index contributed by atoms with van der Waals surface area (Å²) >= 11 is 0. The highest BCUT2D eigenvalue weighted by Crippen LogP contribution is 2.09. The Kier molecular flexibility index (Phi) is 4.53. The Bertz CT molecular complexity index is 727. The predicted octanol–water partition coefficient (Wildman–Crippen LogP) is 0.889. The first kappa shape index (κ1) is 15.3. The lowest BCUT2D eigenvalue weighted by molar-refractivity contribution is -0.142. The van der Waals surface area contributed by atoms with Crippen LogP contribution in [-0.2, 0) is 23.2 Å². The summed E-state index contributed by atoms with van der Waals surface area (Å²) in [6.45, 7) is 0.288. The van der Waals surface area contributed by atoms with Gasteiger partial charge in [0.2, 0.25) is 0 Å². The maximum Gasteiger partial charge on any atom is 0.313 e. The van der Waals surface area contributed by atoms with E-state index in [1.165, 1.54) is 4.90 Å². The van der Waals surface area contributed by atoms with Crippen LogP contribution in [0.3, 0.4) is 0 Å². The van der Waals surface area contributed by atoms with Gasteiger partial charge in [-0.05, 0) is 30.3 Å². The SMILES string of the molecule is CN(Cc1ccnn1C)C(=O)C(=O)Nc1ccc(C#N)cc1. The number of rotatable bonds is 3. The average molecular weight is 297 g/mol. The number of aromatic nitrogens is 2. The summed E-state index contributed by atoms with van der Waals surface area (Å²) < 4.78 is 1.64. The summed E-state index contributed by atoms with van der Waals surface area (Å²) in [6.07, 6.45) is 1.63. The van der Waals surface area contributed by atoms with Gasteiger partial charge in [0, 0.05) is 26.0 Å². The molecular formula is C15H15N5O2. The molecule has 7 heteroatoms. The lowest BCUT2D eigenvalue weighted by Gasteiger charge is -2.16. The molecule has 7 nitrogen and oxygen atoms in total. The smallest absolute Gasteiger partial charge is 0.313 e. The number of nitrogens with zero attached hydrogens (tertiary/aromatic N) is 4. The molecule has 0 fully saturated rings. The minimum atomic E-state index is -0.727. The second kappa shape index (κ2) is 6.54. The van der Waals surface area contributed by atoms with Crippen molar-refractivity contribution in [1.82, 2.24) is 14.7 Å². The Morgan fingerprint density at radius 3 is 2.55 bits per heavy atom. The van der Waals surface area contributed by atoms with Crippen LogP contribution in [0, 0.1) is 11.3 Å². The number of likely N-dealkylation sites (N-methyl/N-ethyl adjacent to an activating group) is 1. The zero-order valence-electron chi connectivity index (χ0n) is 12.3. The van der Waals surface area contributed by atoms with Crippen LogP contribution in [0.25, 0.3) is 0 Å². The summed E-state index contributed by atoms with van der Waals surface area (Å²) in [7, 11) is 3.32. The van der Waals surface area contributed by atoms with Crippen LogP contribution in [0.4, 0.5) is 5.69 Å². The number of aryl methyl sites for hydroxylation is 1. The normalized spacial score (nSPS) is 9.86. The van der Waals surface area contributed by atoms with E-state index in [-0.39, 0.29) is 6.54 Å². The molecule has 22 heavy (non-hydrogen) atoms. The van der Waals surface area contributed by atoms with Gasteiger partial charge in [-0.25, -0.2) is 0 Å². The molecule has 2 rings (SSSR count). The molecule has 1 heterocycles. The molecule has 1 aromatic heterocycles. The maximum absolute atomic E-state index is 12.0. The maximum atomic E-state index is 12.0. The van der Waals surface area contributed by atoms with Gasteiger partial charge in [-0.3, -0.25) is 14.3 Å². The molecular weight excluding hydrogens is 282 g/mol. The van der Waals surface area contributed by atoms with E-state index in [2.05, 4.69) is 10.4 Å². The Morgan fingerprint density at radius 2 is 2.00 bits per heavy atom. The van der Waals surface area contributed by atoms with E-state index in [1.807, 2.05) is 6.07 Å². The van der Waals surface area contributed by atoms with Crippen LogP contribution in [0.2, 0.25) is 0 Å². The molecule has 2 amide bonds. The van der Waals surface area contributed by atoms with Gasteiger partial charge in [-0.2, -0.15) is 10.4 Å². The molecule has 0 aliphatic rings. The van der Waals surface area contributed by atoms with Crippen molar-refractivity contribution in [3.05, 3.63) is 47.8 Å². The van der Waals surface area contributed by atoms with Gasteiger partial charge >= 0.3 is 11.8 Å². The van der Waals surface area contributed by atoms with E-state index in [9.17, 15) is 9.59 Å². The van der Waals surface area contributed by atoms with Gasteiger partial charge in [0.15, 0.2) is 0 Å². The highest BCUT2D eigenvalue weighted by molar-refractivity contribution is 6.39. The van der Waals surface area contributed by atoms with Gasteiger partial charge in [0.05, 0.1) is 23.9 Å². The highest BCUT2D eigenvalue weighted by Gasteiger charge is 2.19. The second-order valence-electron chi connectivity index (χ2n) is 4.75. The number of nitriles is 1. The van der Waals surface area contributed by atoms with Crippen molar-refractivity contribution < 1.29 is 9.59 Å². The van der Waals surface area contributed by atoms with Crippen LogP contribution >= 0.6 is 0 Å². The third kappa shape index (κ3) is 3.49. The van der Waals surface area contributed by atoms with Crippen molar-refractivity contribution in [2.45, 2.75) is 6.54 Å². The van der Waals surface area contributed by atoms with Crippen molar-refractivity contribution in [2.75, 3.05) is 12.4 Å². The molecule has 0 aliphatic heterocycles. The minimum Gasteiger partial charge on any atom is -0.332 e. The van der Waals surface area contributed by atoms with Crippen LogP contribution in [0.1, 0.15) is 11.3 Å². The fourth-order valence-electron chi connectivity index (χ4n) is 1.86. The van der Waals surface area contributed by atoms with Gasteiger partial charge in [0.1, 0.15) is 0 Å². The number of carbonyl (C=O) groups is 2. The van der Waals surface area contributed by atoms with Crippen LogP contribution < -0.4 is 5.32 Å². The predicted molar refractivity (Wildman–Crippen MR) is 79.5 cm³/mol. The summed E-state index contributed by atoms with van der Waals surface area (Å²) in [6, 6.07) is 10.0. The molecule has 0 saturated heterocycles. The fourth-order valence-corrected chi connectivity index (χ4v) is 1.86. The zero-order chi connectivity index (χ0) is 16.1. The lowest BCUT2D eigenvalue weighted by atomic mass is 10.2. The first-order chi connectivity index (χ1) is 10.5. The molecule has 112 valence electrons. The third-order valence-corrected chi connectivity index (χ3v) is 3.13. The summed E-state index contributed by atoms with van der Waals surface area (Å²) in [5, 5.41) is 15.2. The number of nitrogens with one attached hydrogen (secondary N) is 1. The van der Waals surface area contributed by atoms with Crippen LogP contribution in [-0.4, -0.2) is 33.5 Å². The molecule has 0 aliphatic carbocycles. The van der Waals surface area contributed by atoms with Crippen LogP contribution in [0.5, 0.6) is 0 Å². The summed E-state index contributed by atoms with van der Waals surface area (Å²) in [5.41, 5.74) is 1.77. The molecule has 1 aromatic carbocycles. The molecule has 0 atom stereocenters. The molecule has 2 aromatic rings. The number of hydrogen-bond acceptors (Lipinski definition) is 4. The molecule has 0 radical (unpaired) electrons. The number of amides is 2. The molecule has 0 unspecified atom stereocenters. The van der Waals surface area contributed by atoms with Crippen molar-refractivity contribution in [3.63, 3.8) is 0 Å². The van der Waals surface area contributed by atoms with Crippen molar-refractivity contribution in [2.24, 2.45) is 7.05 Å². The Balaban J connectivity index is 1.97. The van der Waals surface area contributed by atoms with E-state index in [0.717, 1.165) is 5.69 Å². The summed E-state index contributed by atoms with van der Waals surface area (Å²) in [5.74, 6) is -1.38. The minimum absolute atomic E-state index is 0.288. The molecule has 1 N–H and O–H groups in total. The quantitative estimate of drug-likeness (QED) is 0.852. The van der Waals surface area contributed by atoms with E-state index in [1.54, 1.807) is 55.3 Å². The number of carbonyl (C=O) groups excluding carboxylic acids is 2. The molecule has 0 bridgehead atoms. The number of benzene rings is 1. The zero-order valence-corrected chi connectivity index (χ0v) is 12.3. The molecule has 0 spiro atoms. The van der Waals surface area contributed by atoms with Gasteiger partial charge in [-0.1, -0.05) is 0 Å². The highest BCUT2D eigenvalue weighted by atomic mass is 16.2. The van der Waals surface area contributed by atoms with Crippen LogP contribution in [0.15, 0.2) is 36.5 Å².